The lowest BCUT2D eigenvalue weighted by Crippen LogP contribution is -2.31. The molecule has 2 aromatic rings. The molecule has 1 aliphatic heterocycles. The van der Waals surface area contributed by atoms with Crippen molar-refractivity contribution in [1.82, 2.24) is 10.0 Å². The van der Waals surface area contributed by atoms with E-state index >= 15 is 0 Å². The molecule has 2 aromatic carbocycles. The van der Waals surface area contributed by atoms with Gasteiger partial charge in [-0.15, -0.1) is 0 Å². The van der Waals surface area contributed by atoms with E-state index in [0.29, 0.717) is 18.7 Å². The molecule has 1 saturated heterocycles. The van der Waals surface area contributed by atoms with E-state index in [1.807, 2.05) is 31.2 Å². The number of aryl methyl sites for hydroxylation is 1. The maximum Gasteiger partial charge on any atom is 0.251 e. The lowest BCUT2D eigenvalue weighted by molar-refractivity contribution is 0.0950. The van der Waals surface area contributed by atoms with Crippen LogP contribution in [0, 0.1) is 6.92 Å². The van der Waals surface area contributed by atoms with E-state index in [1.54, 1.807) is 0 Å². The van der Waals surface area contributed by atoms with E-state index in [0.717, 1.165) is 24.0 Å². The number of rotatable bonds is 7. The van der Waals surface area contributed by atoms with E-state index in [2.05, 4.69) is 10.0 Å². The fourth-order valence-electron chi connectivity index (χ4n) is 2.96. The summed E-state index contributed by atoms with van der Waals surface area (Å²) in [6, 6.07) is 13.8. The van der Waals surface area contributed by atoms with Crippen LogP contribution < -0.4 is 10.0 Å². The van der Waals surface area contributed by atoms with Crippen molar-refractivity contribution in [3.05, 3.63) is 65.2 Å². The summed E-state index contributed by atoms with van der Waals surface area (Å²) in [5.74, 6) is -0.241. The van der Waals surface area contributed by atoms with Gasteiger partial charge in [-0.2, -0.15) is 0 Å². The molecule has 1 aliphatic rings. The molecule has 1 fully saturated rings. The maximum absolute atomic E-state index is 12.4. The number of hydrogen-bond acceptors (Lipinski definition) is 4. The third kappa shape index (κ3) is 5.15. The fraction of sp³-hybridized carbons (Fsp3) is 0.350. The Hall–Kier alpha value is -2.22. The molecule has 0 bridgehead atoms. The van der Waals surface area contributed by atoms with Gasteiger partial charge >= 0.3 is 0 Å². The number of carbonyl (C=O) groups is 1. The lowest BCUT2D eigenvalue weighted by atomic mass is 10.1. The summed E-state index contributed by atoms with van der Waals surface area (Å²) in [5, 5.41) is 2.86. The Morgan fingerprint density at radius 1 is 1.15 bits per heavy atom. The van der Waals surface area contributed by atoms with Crippen molar-refractivity contribution in [3.63, 3.8) is 0 Å². The number of benzene rings is 2. The molecule has 27 heavy (non-hydrogen) atoms. The van der Waals surface area contributed by atoms with Crippen molar-refractivity contribution >= 4 is 15.9 Å². The SMILES string of the molecule is Cc1ccccc1CNC(=O)c1ccc(S(=O)(=O)NC[C@@H]2CCCO2)cc1. The van der Waals surface area contributed by atoms with Gasteiger partial charge in [-0.3, -0.25) is 4.79 Å². The van der Waals surface area contributed by atoms with E-state index in [9.17, 15) is 13.2 Å². The Morgan fingerprint density at radius 2 is 1.89 bits per heavy atom. The van der Waals surface area contributed by atoms with E-state index in [4.69, 9.17) is 4.74 Å². The minimum absolute atomic E-state index is 0.0636. The van der Waals surface area contributed by atoms with Crippen LogP contribution in [0.25, 0.3) is 0 Å². The van der Waals surface area contributed by atoms with Crippen LogP contribution in [0.5, 0.6) is 0 Å². The van der Waals surface area contributed by atoms with Crippen molar-refractivity contribution < 1.29 is 17.9 Å². The summed E-state index contributed by atoms with van der Waals surface area (Å²) in [4.78, 5) is 12.4. The molecule has 0 aliphatic carbocycles. The molecule has 1 atom stereocenters. The Morgan fingerprint density at radius 3 is 2.56 bits per heavy atom. The van der Waals surface area contributed by atoms with Crippen LogP contribution in [0.15, 0.2) is 53.4 Å². The molecule has 0 spiro atoms. The average Bonchev–Trinajstić information content (AvgIpc) is 3.19. The Bertz CT molecular complexity index is 888. The summed E-state index contributed by atoms with van der Waals surface area (Å²) in [7, 11) is -3.61. The maximum atomic E-state index is 12.4. The van der Waals surface area contributed by atoms with Crippen molar-refractivity contribution in [2.24, 2.45) is 0 Å². The molecule has 0 unspecified atom stereocenters. The van der Waals surface area contributed by atoms with Gasteiger partial charge < -0.3 is 10.1 Å². The molecule has 6 nitrogen and oxygen atoms in total. The number of ether oxygens (including phenoxy) is 1. The lowest BCUT2D eigenvalue weighted by Gasteiger charge is -2.12. The van der Waals surface area contributed by atoms with E-state index in [-0.39, 0.29) is 23.5 Å². The van der Waals surface area contributed by atoms with Crippen molar-refractivity contribution in [2.75, 3.05) is 13.2 Å². The van der Waals surface area contributed by atoms with Gasteiger partial charge in [0, 0.05) is 25.3 Å². The zero-order chi connectivity index (χ0) is 19.3. The second-order valence-corrected chi connectivity index (χ2v) is 8.39. The number of nitrogens with one attached hydrogen (secondary N) is 2. The van der Waals surface area contributed by atoms with Crippen LogP contribution in [0.1, 0.15) is 34.3 Å². The third-order valence-electron chi connectivity index (χ3n) is 4.65. The quantitative estimate of drug-likeness (QED) is 0.763. The molecular weight excluding hydrogens is 364 g/mol. The van der Waals surface area contributed by atoms with E-state index in [1.165, 1.54) is 24.3 Å². The van der Waals surface area contributed by atoms with Crippen LogP contribution in [-0.2, 0) is 21.3 Å². The molecule has 1 heterocycles. The highest BCUT2D eigenvalue weighted by Crippen LogP contribution is 2.14. The minimum Gasteiger partial charge on any atom is -0.377 e. The standard InChI is InChI=1S/C20H24N2O4S/c1-15-5-2-3-6-17(15)13-21-20(23)16-8-10-19(11-9-16)27(24,25)22-14-18-7-4-12-26-18/h2-3,5-6,8-11,18,22H,4,7,12-14H2,1H3,(H,21,23)/t18-/m0/s1. The fourth-order valence-corrected chi connectivity index (χ4v) is 4.03. The largest absolute Gasteiger partial charge is 0.377 e. The normalized spacial score (nSPS) is 17.0. The molecule has 144 valence electrons. The van der Waals surface area contributed by atoms with Gasteiger partial charge in [0.15, 0.2) is 0 Å². The molecule has 0 aromatic heterocycles. The van der Waals surface area contributed by atoms with Gasteiger partial charge in [-0.05, 0) is 55.2 Å². The smallest absolute Gasteiger partial charge is 0.251 e. The Labute approximate surface area is 160 Å². The topological polar surface area (TPSA) is 84.5 Å². The summed E-state index contributed by atoms with van der Waals surface area (Å²) < 4.78 is 32.7. The van der Waals surface area contributed by atoms with Gasteiger partial charge in [0.1, 0.15) is 0 Å². The number of amides is 1. The van der Waals surface area contributed by atoms with Gasteiger partial charge in [0.05, 0.1) is 11.0 Å². The zero-order valence-corrected chi connectivity index (χ0v) is 16.1. The molecule has 2 N–H and O–H groups in total. The highest BCUT2D eigenvalue weighted by atomic mass is 32.2. The molecule has 3 rings (SSSR count). The van der Waals surface area contributed by atoms with Crippen LogP contribution in [0.2, 0.25) is 0 Å². The molecule has 0 saturated carbocycles. The number of sulfonamides is 1. The molecule has 7 heteroatoms. The predicted molar refractivity (Wildman–Crippen MR) is 103 cm³/mol. The van der Waals surface area contributed by atoms with Crippen LogP contribution in [0.3, 0.4) is 0 Å². The first kappa shape index (κ1) is 19.5. The molecule has 1 amide bonds. The molecular formula is C20H24N2O4S. The van der Waals surface area contributed by atoms with Crippen molar-refractivity contribution in [3.8, 4) is 0 Å². The minimum atomic E-state index is -3.61. The Kier molecular flexibility index (Phi) is 6.26. The van der Waals surface area contributed by atoms with Gasteiger partial charge in [0.25, 0.3) is 5.91 Å². The summed E-state index contributed by atoms with van der Waals surface area (Å²) in [5.41, 5.74) is 2.57. The van der Waals surface area contributed by atoms with Crippen molar-refractivity contribution in [2.45, 2.75) is 37.3 Å². The zero-order valence-electron chi connectivity index (χ0n) is 15.3. The predicted octanol–water partition coefficient (Wildman–Crippen LogP) is 2.38. The first-order valence-electron chi connectivity index (χ1n) is 9.00. The van der Waals surface area contributed by atoms with Gasteiger partial charge in [-0.25, -0.2) is 13.1 Å². The summed E-state index contributed by atoms with van der Waals surface area (Å²) in [6.45, 7) is 3.36. The number of carbonyl (C=O) groups excluding carboxylic acids is 1. The monoisotopic (exact) mass is 388 g/mol. The first-order chi connectivity index (χ1) is 13.0. The average molecular weight is 388 g/mol. The van der Waals surface area contributed by atoms with Crippen molar-refractivity contribution in [1.29, 1.82) is 0 Å². The van der Waals surface area contributed by atoms with Crippen LogP contribution >= 0.6 is 0 Å². The van der Waals surface area contributed by atoms with E-state index < -0.39 is 10.0 Å². The Balaban J connectivity index is 1.58. The highest BCUT2D eigenvalue weighted by molar-refractivity contribution is 7.89. The summed E-state index contributed by atoms with van der Waals surface area (Å²) in [6.07, 6.45) is 1.76. The summed E-state index contributed by atoms with van der Waals surface area (Å²) >= 11 is 0. The van der Waals surface area contributed by atoms with Gasteiger partial charge in [-0.1, -0.05) is 24.3 Å². The highest BCUT2D eigenvalue weighted by Gasteiger charge is 2.20. The van der Waals surface area contributed by atoms with Crippen LogP contribution in [0.4, 0.5) is 0 Å². The number of hydrogen-bond donors (Lipinski definition) is 2. The molecule has 0 radical (unpaired) electrons. The first-order valence-corrected chi connectivity index (χ1v) is 10.5. The third-order valence-corrected chi connectivity index (χ3v) is 6.09. The van der Waals surface area contributed by atoms with Gasteiger partial charge in [0.2, 0.25) is 10.0 Å². The van der Waals surface area contributed by atoms with Crippen LogP contribution in [-0.4, -0.2) is 33.6 Å². The second-order valence-electron chi connectivity index (χ2n) is 6.62. The second kappa shape index (κ2) is 8.65.